The standard InChI is InChI=1S/C37H54NO2/c1-25(2)11-10-12-26(3)31-17-18-32-30-16-15-28-24-29(19-21-36(28,4)33(30)20-22-37(31,32)5)40-35(39)34(38-6)23-27-13-8-7-9-14-27/h6-9,13-15,25-26,29-34H,10-12,16-24H2,1-5H3/q+1/t26-,29?,30+,31-,32+,33+,34?,36+,37-/m1/s1. The minimum atomic E-state index is -0.639. The number of carbonyl (C=O) groups is 1. The van der Waals surface area contributed by atoms with Crippen LogP contribution in [0.4, 0.5) is 0 Å². The molecule has 1 aromatic rings. The van der Waals surface area contributed by atoms with Gasteiger partial charge in [-0.3, -0.25) is 0 Å². The fraction of sp³-hybridized carbons (Fsp3) is 0.730. The van der Waals surface area contributed by atoms with Gasteiger partial charge in [0.25, 0.3) is 6.57 Å². The third-order valence-electron chi connectivity index (χ3n) is 12.3. The van der Waals surface area contributed by atoms with E-state index in [9.17, 15) is 4.79 Å². The molecule has 5 rings (SSSR count). The number of carbonyl (C=O) groups excluding carboxylic acids is 1. The summed E-state index contributed by atoms with van der Waals surface area (Å²) in [7, 11) is 0. The average Bonchev–Trinajstić information content (AvgIpc) is 3.29. The van der Waals surface area contributed by atoms with Gasteiger partial charge >= 0.3 is 12.0 Å². The highest BCUT2D eigenvalue weighted by molar-refractivity contribution is 5.78. The van der Waals surface area contributed by atoms with Crippen molar-refractivity contribution >= 4 is 5.97 Å². The van der Waals surface area contributed by atoms with Crippen LogP contribution in [0.1, 0.15) is 111 Å². The van der Waals surface area contributed by atoms with E-state index in [1.165, 1.54) is 51.4 Å². The number of allylic oxidation sites excluding steroid dienone is 1. The molecule has 3 heteroatoms. The summed E-state index contributed by atoms with van der Waals surface area (Å²) in [4.78, 5) is 16.9. The molecule has 0 N–H and O–H groups in total. The third kappa shape index (κ3) is 5.67. The van der Waals surface area contributed by atoms with Gasteiger partial charge < -0.3 is 4.74 Å². The number of hydrogen-bond donors (Lipinski definition) is 0. The molecule has 0 amide bonds. The number of rotatable bonds is 9. The van der Waals surface area contributed by atoms with Crippen LogP contribution in [0, 0.1) is 52.9 Å². The molecule has 3 fully saturated rings. The van der Waals surface area contributed by atoms with Gasteiger partial charge in [-0.2, -0.15) is 0 Å². The molecule has 0 radical (unpaired) electrons. The minimum absolute atomic E-state index is 0.0557. The van der Waals surface area contributed by atoms with Gasteiger partial charge in [0.2, 0.25) is 0 Å². The highest BCUT2D eigenvalue weighted by Gasteiger charge is 2.59. The Morgan fingerprint density at radius 2 is 1.80 bits per heavy atom. The molecule has 2 unspecified atom stereocenters. The summed E-state index contributed by atoms with van der Waals surface area (Å²) >= 11 is 0. The molecule has 9 atom stereocenters. The van der Waals surface area contributed by atoms with Crippen LogP contribution in [-0.4, -0.2) is 18.1 Å². The highest BCUT2D eigenvalue weighted by atomic mass is 16.5. The molecule has 0 spiro atoms. The maximum Gasteiger partial charge on any atom is 0.395 e. The Morgan fingerprint density at radius 3 is 2.52 bits per heavy atom. The second kappa shape index (κ2) is 12.0. The number of hydrogen-bond acceptors (Lipinski definition) is 2. The molecule has 0 bridgehead atoms. The molecule has 4 aliphatic carbocycles. The molecule has 3 nitrogen and oxygen atoms in total. The van der Waals surface area contributed by atoms with E-state index in [0.29, 0.717) is 11.8 Å². The van der Waals surface area contributed by atoms with E-state index in [0.717, 1.165) is 60.3 Å². The summed E-state index contributed by atoms with van der Waals surface area (Å²) in [5.74, 6) is 4.78. The van der Waals surface area contributed by atoms with Crippen LogP contribution in [0.25, 0.3) is 4.85 Å². The Bertz CT molecular complexity index is 1100. The number of ether oxygens (including phenoxy) is 1. The summed E-state index contributed by atoms with van der Waals surface area (Å²) in [6, 6.07) is 9.32. The fourth-order valence-electron chi connectivity index (χ4n) is 10.0. The van der Waals surface area contributed by atoms with Gasteiger partial charge in [-0.1, -0.05) is 101 Å². The molecule has 218 valence electrons. The van der Waals surface area contributed by atoms with Gasteiger partial charge in [0.15, 0.2) is 0 Å². The van der Waals surface area contributed by atoms with Crippen LogP contribution in [0.2, 0.25) is 0 Å². The summed E-state index contributed by atoms with van der Waals surface area (Å²) in [6.45, 7) is 18.2. The maximum absolute atomic E-state index is 13.0. The molecule has 4 aliphatic rings. The van der Waals surface area contributed by atoms with Crippen LogP contribution < -0.4 is 0 Å². The molecule has 1 aromatic carbocycles. The van der Waals surface area contributed by atoms with E-state index in [4.69, 9.17) is 11.3 Å². The Kier molecular flexibility index (Phi) is 8.85. The van der Waals surface area contributed by atoms with Crippen LogP contribution in [0.15, 0.2) is 42.0 Å². The second-order valence-electron chi connectivity index (χ2n) is 14.9. The first kappa shape index (κ1) is 29.4. The Morgan fingerprint density at radius 1 is 1.02 bits per heavy atom. The molecule has 0 heterocycles. The van der Waals surface area contributed by atoms with E-state index in [1.54, 1.807) is 5.57 Å². The lowest BCUT2D eigenvalue weighted by molar-refractivity contribution is -0.152. The first-order valence-corrected chi connectivity index (χ1v) is 16.5. The largest absolute Gasteiger partial charge is 0.456 e. The molecular formula is C37H54NO2+. The summed E-state index contributed by atoms with van der Waals surface area (Å²) in [6.07, 6.45) is 17.0. The number of esters is 1. The Labute approximate surface area is 244 Å². The normalized spacial score (nSPS) is 36.4. The zero-order valence-corrected chi connectivity index (χ0v) is 25.9. The first-order chi connectivity index (χ1) is 19.2. The quantitative estimate of drug-likeness (QED) is 0.229. The molecule has 40 heavy (non-hydrogen) atoms. The average molecular weight is 545 g/mol. The highest BCUT2D eigenvalue weighted by Crippen LogP contribution is 2.67. The summed E-state index contributed by atoms with van der Waals surface area (Å²) < 4.78 is 6.07. The number of nitrogens with zero attached hydrogens (tertiary/aromatic N) is 1. The smallest absolute Gasteiger partial charge is 0.395 e. The monoisotopic (exact) mass is 544 g/mol. The SMILES string of the molecule is C#[N+]C(Cc1ccccc1)C(=O)OC1CC[C@@]2(C)C(=CC[C@H]3[C@@H]4CC[C@H]([C@H](C)CCCC(C)C)[C@@]4(C)CC[C@@H]32)C1. The second-order valence-corrected chi connectivity index (χ2v) is 14.9. The first-order valence-electron chi connectivity index (χ1n) is 16.5. The van der Waals surface area contributed by atoms with E-state index in [1.807, 2.05) is 30.3 Å². The lowest BCUT2D eigenvalue weighted by Gasteiger charge is -2.58. The zero-order valence-electron chi connectivity index (χ0n) is 25.9. The van der Waals surface area contributed by atoms with Gasteiger partial charge in [-0.15, -0.1) is 0 Å². The molecule has 0 saturated heterocycles. The lowest BCUT2D eigenvalue weighted by Crippen LogP contribution is -2.51. The van der Waals surface area contributed by atoms with E-state index in [2.05, 4.69) is 45.5 Å². The van der Waals surface area contributed by atoms with Crippen LogP contribution in [-0.2, 0) is 16.0 Å². The molecular weight excluding hydrogens is 490 g/mol. The Hall–Kier alpha value is -2.08. The lowest BCUT2D eigenvalue weighted by atomic mass is 9.47. The fourth-order valence-corrected chi connectivity index (χ4v) is 10.0. The van der Waals surface area contributed by atoms with Crippen LogP contribution >= 0.6 is 0 Å². The van der Waals surface area contributed by atoms with Crippen molar-refractivity contribution in [2.45, 2.75) is 124 Å². The van der Waals surface area contributed by atoms with Gasteiger partial charge in [-0.05, 0) is 96.8 Å². The summed E-state index contributed by atoms with van der Waals surface area (Å²) in [5.41, 5.74) is 3.39. The van der Waals surface area contributed by atoms with Crippen molar-refractivity contribution in [1.29, 1.82) is 0 Å². The van der Waals surface area contributed by atoms with Crippen molar-refractivity contribution in [3.05, 3.63) is 52.4 Å². The topological polar surface area (TPSA) is 30.7 Å². The van der Waals surface area contributed by atoms with E-state index < -0.39 is 6.04 Å². The van der Waals surface area contributed by atoms with Crippen molar-refractivity contribution in [3.8, 4) is 6.57 Å². The van der Waals surface area contributed by atoms with Crippen molar-refractivity contribution in [2.24, 2.45) is 46.3 Å². The zero-order chi connectivity index (χ0) is 28.5. The predicted octanol–water partition coefficient (Wildman–Crippen LogP) is 9.51. The minimum Gasteiger partial charge on any atom is -0.456 e. The number of benzene rings is 1. The third-order valence-corrected chi connectivity index (χ3v) is 12.3. The summed E-state index contributed by atoms with van der Waals surface area (Å²) in [5, 5.41) is 0. The van der Waals surface area contributed by atoms with Gasteiger partial charge in [0.1, 0.15) is 6.10 Å². The van der Waals surface area contributed by atoms with Crippen molar-refractivity contribution in [1.82, 2.24) is 0 Å². The van der Waals surface area contributed by atoms with Gasteiger partial charge in [0, 0.05) is 6.42 Å². The maximum atomic E-state index is 13.0. The predicted molar refractivity (Wildman–Crippen MR) is 165 cm³/mol. The van der Waals surface area contributed by atoms with E-state index in [-0.39, 0.29) is 17.5 Å². The number of fused-ring (bicyclic) bond motifs is 5. The van der Waals surface area contributed by atoms with E-state index >= 15 is 0 Å². The van der Waals surface area contributed by atoms with Gasteiger partial charge in [0.05, 0.1) is 6.42 Å². The molecule has 0 aromatic heterocycles. The molecule has 0 aliphatic heterocycles. The van der Waals surface area contributed by atoms with Crippen molar-refractivity contribution < 1.29 is 9.53 Å². The van der Waals surface area contributed by atoms with Crippen molar-refractivity contribution in [2.75, 3.05) is 0 Å². The van der Waals surface area contributed by atoms with Crippen molar-refractivity contribution in [3.63, 3.8) is 0 Å². The van der Waals surface area contributed by atoms with Gasteiger partial charge in [-0.25, -0.2) is 4.79 Å². The van der Waals surface area contributed by atoms with Crippen LogP contribution in [0.5, 0.6) is 0 Å². The van der Waals surface area contributed by atoms with Crippen LogP contribution in [0.3, 0.4) is 0 Å². The molecule has 3 saturated carbocycles. The Balaban J connectivity index is 1.22.